The number of hydrogen-bond acceptors (Lipinski definition) is 4. The lowest BCUT2D eigenvalue weighted by molar-refractivity contribution is 0.230. The number of oxazole rings is 1. The first-order chi connectivity index (χ1) is 9.31. The summed E-state index contributed by atoms with van der Waals surface area (Å²) in [5, 5.41) is 3.32. The molecular formula is C14H18Cl2FN3O. The van der Waals surface area contributed by atoms with Crippen molar-refractivity contribution in [3.8, 4) is 11.5 Å². The van der Waals surface area contributed by atoms with E-state index in [1.807, 2.05) is 0 Å². The molecule has 2 aromatic rings. The van der Waals surface area contributed by atoms with Crippen molar-refractivity contribution in [2.75, 3.05) is 26.2 Å². The molecule has 0 spiro atoms. The molecule has 0 bridgehead atoms. The van der Waals surface area contributed by atoms with E-state index in [2.05, 4.69) is 15.2 Å². The molecule has 0 saturated carbocycles. The smallest absolute Gasteiger partial charge is 0.226 e. The zero-order valence-corrected chi connectivity index (χ0v) is 13.1. The summed E-state index contributed by atoms with van der Waals surface area (Å²) in [4.78, 5) is 6.79. The Hall–Kier alpha value is -1.14. The first-order valence-corrected chi connectivity index (χ1v) is 6.45. The van der Waals surface area contributed by atoms with Gasteiger partial charge in [-0.15, -0.1) is 24.8 Å². The Balaban J connectivity index is 0.00000110. The maximum absolute atomic E-state index is 12.9. The van der Waals surface area contributed by atoms with Crippen LogP contribution >= 0.6 is 24.8 Å². The number of nitrogens with one attached hydrogen (secondary N) is 1. The van der Waals surface area contributed by atoms with E-state index in [1.54, 1.807) is 18.4 Å². The summed E-state index contributed by atoms with van der Waals surface area (Å²) in [5.74, 6) is 0.293. The predicted octanol–water partition coefficient (Wildman–Crippen LogP) is 2.73. The summed E-state index contributed by atoms with van der Waals surface area (Å²) >= 11 is 0. The summed E-state index contributed by atoms with van der Waals surface area (Å²) in [6.07, 6.45) is 1.68. The van der Waals surface area contributed by atoms with Gasteiger partial charge in [-0.2, -0.15) is 0 Å². The van der Waals surface area contributed by atoms with Crippen LogP contribution in [0.3, 0.4) is 0 Å². The van der Waals surface area contributed by atoms with Crippen LogP contribution in [-0.4, -0.2) is 36.1 Å². The topological polar surface area (TPSA) is 41.3 Å². The molecule has 0 radical (unpaired) electrons. The standard InChI is InChI=1S/C14H16FN3O.2ClH/c15-12-3-1-11(2-4-12)14-17-13(10-19-14)9-18-7-5-16-6-8-18;;/h1-4,10,16H,5-9H2;2*1H. The normalized spacial score (nSPS) is 15.1. The molecule has 1 aromatic heterocycles. The third kappa shape index (κ3) is 4.68. The molecule has 1 saturated heterocycles. The molecule has 0 amide bonds. The van der Waals surface area contributed by atoms with Crippen LogP contribution < -0.4 is 5.32 Å². The van der Waals surface area contributed by atoms with Gasteiger partial charge in [0.15, 0.2) is 0 Å². The van der Waals surface area contributed by atoms with Crippen LogP contribution in [0.25, 0.3) is 11.5 Å². The van der Waals surface area contributed by atoms with Crippen LogP contribution in [0.1, 0.15) is 5.69 Å². The Kier molecular flexibility index (Phi) is 7.11. The van der Waals surface area contributed by atoms with Crippen LogP contribution in [0.15, 0.2) is 34.9 Å². The Morgan fingerprint density at radius 3 is 2.48 bits per heavy atom. The highest BCUT2D eigenvalue weighted by atomic mass is 35.5. The van der Waals surface area contributed by atoms with Gasteiger partial charge in [-0.1, -0.05) is 0 Å². The van der Waals surface area contributed by atoms with E-state index in [0.29, 0.717) is 5.89 Å². The van der Waals surface area contributed by atoms with Gasteiger partial charge >= 0.3 is 0 Å². The van der Waals surface area contributed by atoms with Gasteiger partial charge in [0.05, 0.1) is 5.69 Å². The molecule has 3 rings (SSSR count). The van der Waals surface area contributed by atoms with Crippen LogP contribution in [0, 0.1) is 5.82 Å². The maximum Gasteiger partial charge on any atom is 0.226 e. The molecule has 7 heteroatoms. The largest absolute Gasteiger partial charge is 0.444 e. The first kappa shape index (κ1) is 17.9. The Bertz CT molecular complexity index is 541. The van der Waals surface area contributed by atoms with Crippen molar-refractivity contribution in [3.63, 3.8) is 0 Å². The van der Waals surface area contributed by atoms with Gasteiger partial charge in [0.2, 0.25) is 5.89 Å². The van der Waals surface area contributed by atoms with E-state index in [4.69, 9.17) is 4.42 Å². The quantitative estimate of drug-likeness (QED) is 0.937. The molecule has 116 valence electrons. The molecule has 0 unspecified atom stereocenters. The highest BCUT2D eigenvalue weighted by Crippen LogP contribution is 2.19. The second-order valence-corrected chi connectivity index (χ2v) is 4.68. The molecule has 0 atom stereocenters. The summed E-state index contributed by atoms with van der Waals surface area (Å²) in [6, 6.07) is 6.18. The SMILES string of the molecule is Cl.Cl.Fc1ccc(-c2nc(CN3CCNCC3)co2)cc1. The fraction of sp³-hybridized carbons (Fsp3) is 0.357. The lowest BCUT2D eigenvalue weighted by atomic mass is 10.2. The molecule has 1 aromatic carbocycles. The molecule has 4 nitrogen and oxygen atoms in total. The second-order valence-electron chi connectivity index (χ2n) is 4.68. The van der Waals surface area contributed by atoms with Gasteiger partial charge in [-0.25, -0.2) is 9.37 Å². The number of halogens is 3. The van der Waals surface area contributed by atoms with Gasteiger partial charge in [-0.3, -0.25) is 4.90 Å². The van der Waals surface area contributed by atoms with E-state index in [-0.39, 0.29) is 30.6 Å². The van der Waals surface area contributed by atoms with Crippen LogP contribution in [0.5, 0.6) is 0 Å². The van der Waals surface area contributed by atoms with E-state index in [9.17, 15) is 4.39 Å². The number of hydrogen-bond donors (Lipinski definition) is 1. The van der Waals surface area contributed by atoms with Gasteiger partial charge in [0, 0.05) is 38.3 Å². The average molecular weight is 334 g/mol. The number of aromatic nitrogens is 1. The summed E-state index contributed by atoms with van der Waals surface area (Å²) in [6.45, 7) is 4.88. The second kappa shape index (κ2) is 8.34. The summed E-state index contributed by atoms with van der Waals surface area (Å²) in [7, 11) is 0. The molecule has 1 aliphatic rings. The van der Waals surface area contributed by atoms with Gasteiger partial charge in [0.1, 0.15) is 12.1 Å². The Morgan fingerprint density at radius 1 is 1.14 bits per heavy atom. The van der Waals surface area contributed by atoms with Crippen molar-refractivity contribution in [1.29, 1.82) is 0 Å². The van der Waals surface area contributed by atoms with Gasteiger partial charge in [-0.05, 0) is 24.3 Å². The average Bonchev–Trinajstić information content (AvgIpc) is 2.89. The Morgan fingerprint density at radius 2 is 1.81 bits per heavy atom. The van der Waals surface area contributed by atoms with Gasteiger partial charge in [0.25, 0.3) is 0 Å². The minimum atomic E-state index is -0.253. The van der Waals surface area contributed by atoms with Crippen molar-refractivity contribution >= 4 is 24.8 Å². The zero-order valence-electron chi connectivity index (χ0n) is 11.4. The van der Waals surface area contributed by atoms with Crippen molar-refractivity contribution in [1.82, 2.24) is 15.2 Å². The maximum atomic E-state index is 12.9. The molecule has 21 heavy (non-hydrogen) atoms. The zero-order chi connectivity index (χ0) is 13.1. The highest BCUT2D eigenvalue weighted by molar-refractivity contribution is 5.85. The fourth-order valence-corrected chi connectivity index (χ4v) is 2.20. The van der Waals surface area contributed by atoms with E-state index in [0.717, 1.165) is 44.0 Å². The monoisotopic (exact) mass is 333 g/mol. The lowest BCUT2D eigenvalue weighted by Gasteiger charge is -2.25. The fourth-order valence-electron chi connectivity index (χ4n) is 2.20. The molecule has 1 aliphatic heterocycles. The third-order valence-electron chi connectivity index (χ3n) is 3.24. The molecular weight excluding hydrogens is 316 g/mol. The van der Waals surface area contributed by atoms with Crippen LogP contribution in [0.4, 0.5) is 4.39 Å². The van der Waals surface area contributed by atoms with Crippen molar-refractivity contribution in [2.45, 2.75) is 6.54 Å². The van der Waals surface area contributed by atoms with Gasteiger partial charge < -0.3 is 9.73 Å². The van der Waals surface area contributed by atoms with Crippen LogP contribution in [0.2, 0.25) is 0 Å². The summed E-state index contributed by atoms with van der Waals surface area (Å²) in [5.41, 5.74) is 1.72. The van der Waals surface area contributed by atoms with Crippen molar-refractivity contribution < 1.29 is 8.81 Å². The molecule has 0 aliphatic carbocycles. The number of piperazine rings is 1. The van der Waals surface area contributed by atoms with E-state index >= 15 is 0 Å². The molecule has 1 fully saturated rings. The number of benzene rings is 1. The Labute approximate surface area is 135 Å². The highest BCUT2D eigenvalue weighted by Gasteiger charge is 2.13. The van der Waals surface area contributed by atoms with Crippen LogP contribution in [-0.2, 0) is 6.54 Å². The minimum absolute atomic E-state index is 0. The van der Waals surface area contributed by atoms with Crippen molar-refractivity contribution in [3.05, 3.63) is 42.0 Å². The molecule has 1 N–H and O–H groups in total. The van der Waals surface area contributed by atoms with Crippen molar-refractivity contribution in [2.24, 2.45) is 0 Å². The van der Waals surface area contributed by atoms with E-state index < -0.39 is 0 Å². The lowest BCUT2D eigenvalue weighted by Crippen LogP contribution is -2.42. The van der Waals surface area contributed by atoms with E-state index in [1.165, 1.54) is 12.1 Å². The first-order valence-electron chi connectivity index (χ1n) is 6.45. The number of rotatable bonds is 3. The third-order valence-corrected chi connectivity index (χ3v) is 3.24. The minimum Gasteiger partial charge on any atom is -0.444 e. The molecule has 2 heterocycles. The summed E-state index contributed by atoms with van der Waals surface area (Å²) < 4.78 is 18.3. The predicted molar refractivity (Wildman–Crippen MR) is 84.5 cm³/mol. The number of nitrogens with zero attached hydrogens (tertiary/aromatic N) is 2.